The van der Waals surface area contributed by atoms with Gasteiger partial charge in [0, 0.05) is 11.1 Å². The van der Waals surface area contributed by atoms with E-state index in [1.807, 2.05) is 24.3 Å². The summed E-state index contributed by atoms with van der Waals surface area (Å²) in [4.78, 5) is 11.9. The first kappa shape index (κ1) is 17.7. The summed E-state index contributed by atoms with van der Waals surface area (Å²) in [6.07, 6.45) is 4.78. The van der Waals surface area contributed by atoms with Gasteiger partial charge in [0.25, 0.3) is 5.91 Å². The predicted molar refractivity (Wildman–Crippen MR) is 92.9 cm³/mol. The second kappa shape index (κ2) is 9.45. The predicted octanol–water partition coefficient (Wildman–Crippen LogP) is 4.16. The van der Waals surface area contributed by atoms with E-state index in [1.54, 1.807) is 0 Å². The molecular weight excluding hydrogens is 307 g/mol. The highest BCUT2D eigenvalue weighted by Crippen LogP contribution is 2.16. The number of ether oxygens (including phenoxy) is 1. The molecule has 2 aromatic rings. The lowest BCUT2D eigenvalue weighted by atomic mass is 10.2. The molecule has 4 nitrogen and oxygen atoms in total. The number of hydrogen-bond acceptors (Lipinski definition) is 3. The molecule has 0 fully saturated rings. The Bertz CT molecular complexity index is 701. The molecule has 0 aliphatic rings. The van der Waals surface area contributed by atoms with Crippen molar-refractivity contribution in [2.45, 2.75) is 26.2 Å². The number of hydrazone groups is 1. The van der Waals surface area contributed by atoms with E-state index in [2.05, 4.69) is 17.5 Å². The number of hydrogen-bond donors (Lipinski definition) is 1. The molecule has 0 unspecified atom stereocenters. The minimum absolute atomic E-state index is 0.219. The molecule has 126 valence electrons. The number of unbranched alkanes of at least 4 members (excludes halogenated alkanes) is 2. The Morgan fingerprint density at radius 1 is 1.21 bits per heavy atom. The summed E-state index contributed by atoms with van der Waals surface area (Å²) < 4.78 is 18.8. The highest BCUT2D eigenvalue weighted by Gasteiger charge is 2.05. The van der Waals surface area contributed by atoms with E-state index in [9.17, 15) is 9.18 Å². The second-order valence-electron chi connectivity index (χ2n) is 5.30. The number of nitrogens with zero attached hydrogens (tertiary/aromatic N) is 1. The zero-order valence-corrected chi connectivity index (χ0v) is 13.7. The molecule has 5 heteroatoms. The monoisotopic (exact) mass is 328 g/mol. The number of para-hydroxylation sites is 1. The lowest BCUT2D eigenvalue weighted by Crippen LogP contribution is -2.17. The normalized spacial score (nSPS) is 10.8. The number of amides is 1. The third-order valence-corrected chi connectivity index (χ3v) is 3.38. The SMILES string of the molecule is CCCCCOc1ccccc1C=NNC(=O)c1cccc(F)c1. The molecule has 1 amide bonds. The minimum atomic E-state index is -0.466. The Morgan fingerprint density at radius 2 is 2.04 bits per heavy atom. The maximum Gasteiger partial charge on any atom is 0.271 e. The Labute approximate surface area is 141 Å². The topological polar surface area (TPSA) is 50.7 Å². The zero-order valence-electron chi connectivity index (χ0n) is 13.7. The van der Waals surface area contributed by atoms with E-state index >= 15 is 0 Å². The van der Waals surface area contributed by atoms with Crippen LogP contribution >= 0.6 is 0 Å². The van der Waals surface area contributed by atoms with E-state index in [1.165, 1.54) is 24.4 Å². The first-order valence-electron chi connectivity index (χ1n) is 8.01. The summed E-state index contributed by atoms with van der Waals surface area (Å²) in [5.41, 5.74) is 3.38. The van der Waals surface area contributed by atoms with Crippen molar-refractivity contribution in [2.75, 3.05) is 6.61 Å². The Kier molecular flexibility index (Phi) is 6.95. The van der Waals surface area contributed by atoms with Crippen molar-refractivity contribution >= 4 is 12.1 Å². The second-order valence-corrected chi connectivity index (χ2v) is 5.30. The highest BCUT2D eigenvalue weighted by molar-refractivity contribution is 5.95. The van der Waals surface area contributed by atoms with E-state index in [0.29, 0.717) is 6.61 Å². The number of carbonyl (C=O) groups is 1. The van der Waals surface area contributed by atoms with Crippen LogP contribution < -0.4 is 10.2 Å². The first-order valence-corrected chi connectivity index (χ1v) is 8.01. The molecule has 0 radical (unpaired) electrons. The van der Waals surface area contributed by atoms with Crippen LogP contribution in [0.4, 0.5) is 4.39 Å². The molecule has 24 heavy (non-hydrogen) atoms. The molecule has 0 saturated carbocycles. The molecule has 0 heterocycles. The van der Waals surface area contributed by atoms with Crippen LogP contribution in [0.3, 0.4) is 0 Å². The van der Waals surface area contributed by atoms with Crippen molar-refractivity contribution in [1.82, 2.24) is 5.43 Å². The summed E-state index contributed by atoms with van der Waals surface area (Å²) in [5.74, 6) is -0.207. The minimum Gasteiger partial charge on any atom is -0.493 e. The van der Waals surface area contributed by atoms with Gasteiger partial charge >= 0.3 is 0 Å². The average molecular weight is 328 g/mol. The van der Waals surface area contributed by atoms with Crippen LogP contribution in [0.1, 0.15) is 42.1 Å². The summed E-state index contributed by atoms with van der Waals surface area (Å²) in [7, 11) is 0. The van der Waals surface area contributed by atoms with E-state index < -0.39 is 11.7 Å². The van der Waals surface area contributed by atoms with Gasteiger partial charge in [-0.2, -0.15) is 5.10 Å². The fourth-order valence-electron chi connectivity index (χ4n) is 2.11. The molecule has 0 spiro atoms. The molecule has 2 rings (SSSR count). The van der Waals surface area contributed by atoms with Crippen molar-refractivity contribution in [3.05, 3.63) is 65.5 Å². The van der Waals surface area contributed by atoms with Gasteiger partial charge in [-0.3, -0.25) is 4.79 Å². The fraction of sp³-hybridized carbons (Fsp3) is 0.263. The summed E-state index contributed by atoms with van der Waals surface area (Å²) in [5, 5.41) is 3.93. The molecule has 0 bridgehead atoms. The molecule has 0 atom stereocenters. The number of rotatable bonds is 8. The van der Waals surface area contributed by atoms with Crippen LogP contribution in [0.2, 0.25) is 0 Å². The van der Waals surface area contributed by atoms with Crippen molar-refractivity contribution < 1.29 is 13.9 Å². The molecule has 0 saturated heterocycles. The van der Waals surface area contributed by atoms with Gasteiger partial charge < -0.3 is 4.74 Å². The quantitative estimate of drug-likeness (QED) is 0.449. The van der Waals surface area contributed by atoms with Gasteiger partial charge in [-0.05, 0) is 36.8 Å². The smallest absolute Gasteiger partial charge is 0.271 e. The van der Waals surface area contributed by atoms with Crippen molar-refractivity contribution in [3.8, 4) is 5.75 Å². The summed E-state index contributed by atoms with van der Waals surface area (Å²) in [6, 6.07) is 12.9. The molecule has 0 aliphatic carbocycles. The Morgan fingerprint density at radius 3 is 2.83 bits per heavy atom. The standard InChI is InChI=1S/C19H21FN2O2/c1-2-3-6-12-24-18-11-5-4-8-16(18)14-21-22-19(23)15-9-7-10-17(20)13-15/h4-5,7-11,13-14H,2-3,6,12H2,1H3,(H,22,23). The lowest BCUT2D eigenvalue weighted by Gasteiger charge is -2.08. The summed E-state index contributed by atoms with van der Waals surface area (Å²) in [6.45, 7) is 2.79. The van der Waals surface area contributed by atoms with Gasteiger partial charge in [0.1, 0.15) is 11.6 Å². The van der Waals surface area contributed by atoms with Gasteiger partial charge in [-0.25, -0.2) is 9.82 Å². The third-order valence-electron chi connectivity index (χ3n) is 3.38. The average Bonchev–Trinajstić information content (AvgIpc) is 2.60. The molecular formula is C19H21FN2O2. The largest absolute Gasteiger partial charge is 0.493 e. The van der Waals surface area contributed by atoms with E-state index in [4.69, 9.17) is 4.74 Å². The van der Waals surface area contributed by atoms with Crippen molar-refractivity contribution in [2.24, 2.45) is 5.10 Å². The number of halogens is 1. The van der Waals surface area contributed by atoms with E-state index in [0.717, 1.165) is 36.6 Å². The van der Waals surface area contributed by atoms with Gasteiger partial charge in [-0.1, -0.05) is 38.0 Å². The highest BCUT2D eigenvalue weighted by atomic mass is 19.1. The third kappa shape index (κ3) is 5.50. The number of benzene rings is 2. The lowest BCUT2D eigenvalue weighted by molar-refractivity contribution is 0.0954. The first-order chi connectivity index (χ1) is 11.7. The summed E-state index contributed by atoms with van der Waals surface area (Å²) >= 11 is 0. The van der Waals surface area contributed by atoms with Gasteiger partial charge in [0.2, 0.25) is 0 Å². The molecule has 2 aromatic carbocycles. The molecule has 1 N–H and O–H groups in total. The molecule has 0 aromatic heterocycles. The van der Waals surface area contributed by atoms with E-state index in [-0.39, 0.29) is 5.56 Å². The maximum absolute atomic E-state index is 13.1. The van der Waals surface area contributed by atoms with Gasteiger partial charge in [0.15, 0.2) is 0 Å². The van der Waals surface area contributed by atoms with Crippen LogP contribution in [-0.2, 0) is 0 Å². The maximum atomic E-state index is 13.1. The van der Waals surface area contributed by atoms with Crippen molar-refractivity contribution in [1.29, 1.82) is 0 Å². The van der Waals surface area contributed by atoms with Crippen LogP contribution in [-0.4, -0.2) is 18.7 Å². The Hall–Kier alpha value is -2.69. The van der Waals surface area contributed by atoms with Gasteiger partial charge in [-0.15, -0.1) is 0 Å². The van der Waals surface area contributed by atoms with Crippen LogP contribution in [0.15, 0.2) is 53.6 Å². The van der Waals surface area contributed by atoms with Crippen molar-refractivity contribution in [3.63, 3.8) is 0 Å². The fourth-order valence-corrected chi connectivity index (χ4v) is 2.11. The number of carbonyl (C=O) groups excluding carboxylic acids is 1. The van der Waals surface area contributed by atoms with Gasteiger partial charge in [0.05, 0.1) is 12.8 Å². The van der Waals surface area contributed by atoms with Crippen LogP contribution in [0.5, 0.6) is 5.75 Å². The molecule has 0 aliphatic heterocycles. The Balaban J connectivity index is 1.95. The van der Waals surface area contributed by atoms with Crippen LogP contribution in [0.25, 0.3) is 0 Å². The number of nitrogens with one attached hydrogen (secondary N) is 1. The zero-order chi connectivity index (χ0) is 17.2. The van der Waals surface area contributed by atoms with Crippen LogP contribution in [0, 0.1) is 5.82 Å².